The fraction of sp³-hybridized carbons (Fsp3) is 0.409. The predicted octanol–water partition coefficient (Wildman–Crippen LogP) is -1.72. The number of carbonyl (C=O) groups excluding carboxylic acids is 3. The third-order valence-corrected chi connectivity index (χ3v) is 5.25. The number of nitrogens with two attached hydrogens (primary N) is 3. The first-order chi connectivity index (χ1) is 16.6. The van der Waals surface area contributed by atoms with Gasteiger partial charge in [0.25, 0.3) is 0 Å². The highest BCUT2D eigenvalue weighted by molar-refractivity contribution is 5.94. The van der Waals surface area contributed by atoms with Crippen LogP contribution in [0.3, 0.4) is 0 Å². The molecule has 13 heteroatoms. The molecule has 0 bridgehead atoms. The Morgan fingerprint density at radius 2 is 1.74 bits per heavy atom. The molecular formula is C22H32N8O5. The number of benzene rings is 1. The second-order valence-corrected chi connectivity index (χ2v) is 7.97. The summed E-state index contributed by atoms with van der Waals surface area (Å²) in [6, 6.07) is 4.15. The summed E-state index contributed by atoms with van der Waals surface area (Å²) in [5, 5.41) is 17.9. The second kappa shape index (κ2) is 12.9. The van der Waals surface area contributed by atoms with E-state index in [1.54, 1.807) is 6.20 Å². The standard InChI is InChI=1S/C22H32N8O5/c1-12(28-18(31)10-23)19(32)30-17(9-13-11-27-15-6-3-2-5-14(13)15)20(33)29-16(21(34)35)7-4-8-26-22(24)25/h2-3,5-6,11-12,16-17,27H,4,7-10,23H2,1H3,(H,28,31)(H,29,33)(H,30,32)(H,34,35)(H4,24,25,26). The SMILES string of the molecule is CC(NC(=O)CN)C(=O)NC(Cc1c[nH]c2ccccc12)C(=O)NC(CCCN=C(N)N)C(=O)O. The molecule has 0 saturated heterocycles. The molecule has 13 nitrogen and oxygen atoms in total. The molecule has 2 aromatic rings. The zero-order valence-corrected chi connectivity index (χ0v) is 19.4. The number of carboxylic acids is 1. The van der Waals surface area contributed by atoms with Gasteiger partial charge in [0.1, 0.15) is 18.1 Å². The van der Waals surface area contributed by atoms with Crippen LogP contribution in [0.2, 0.25) is 0 Å². The minimum absolute atomic E-state index is 0.0779. The molecule has 0 fully saturated rings. The van der Waals surface area contributed by atoms with Crippen molar-refractivity contribution in [3.63, 3.8) is 0 Å². The number of para-hydroxylation sites is 1. The van der Waals surface area contributed by atoms with Crippen molar-refractivity contribution in [2.75, 3.05) is 13.1 Å². The van der Waals surface area contributed by atoms with Crippen LogP contribution >= 0.6 is 0 Å². The molecule has 1 heterocycles. The molecule has 3 unspecified atom stereocenters. The number of amides is 3. The maximum Gasteiger partial charge on any atom is 0.326 e. The van der Waals surface area contributed by atoms with E-state index in [1.807, 2.05) is 24.3 Å². The molecular weight excluding hydrogens is 456 g/mol. The monoisotopic (exact) mass is 488 g/mol. The number of aliphatic imine (C=N–C) groups is 1. The highest BCUT2D eigenvalue weighted by atomic mass is 16.4. The summed E-state index contributed by atoms with van der Waals surface area (Å²) >= 11 is 0. The zero-order chi connectivity index (χ0) is 26.0. The summed E-state index contributed by atoms with van der Waals surface area (Å²) in [5.74, 6) is -3.18. The van der Waals surface area contributed by atoms with Crippen molar-refractivity contribution in [2.45, 2.75) is 44.3 Å². The van der Waals surface area contributed by atoms with Gasteiger partial charge >= 0.3 is 5.97 Å². The first-order valence-electron chi connectivity index (χ1n) is 11.1. The molecule has 35 heavy (non-hydrogen) atoms. The van der Waals surface area contributed by atoms with Gasteiger partial charge in [-0.15, -0.1) is 0 Å². The topological polar surface area (TPSA) is 231 Å². The van der Waals surface area contributed by atoms with Crippen LogP contribution in [0.1, 0.15) is 25.3 Å². The van der Waals surface area contributed by atoms with E-state index in [2.05, 4.69) is 25.9 Å². The minimum atomic E-state index is -1.23. The number of fused-ring (bicyclic) bond motifs is 1. The minimum Gasteiger partial charge on any atom is -0.480 e. The number of carbonyl (C=O) groups is 4. The number of guanidine groups is 1. The first-order valence-corrected chi connectivity index (χ1v) is 11.1. The maximum absolute atomic E-state index is 13.1. The van der Waals surface area contributed by atoms with Crippen molar-refractivity contribution >= 4 is 40.6 Å². The van der Waals surface area contributed by atoms with Gasteiger partial charge in [0, 0.05) is 30.1 Å². The molecule has 190 valence electrons. The molecule has 11 N–H and O–H groups in total. The Morgan fingerprint density at radius 3 is 2.40 bits per heavy atom. The Bertz CT molecular complexity index is 1080. The van der Waals surface area contributed by atoms with Gasteiger partial charge in [-0.3, -0.25) is 19.4 Å². The summed E-state index contributed by atoms with van der Waals surface area (Å²) in [6.45, 7) is 1.36. The van der Waals surface area contributed by atoms with E-state index < -0.39 is 41.8 Å². The van der Waals surface area contributed by atoms with Crippen LogP contribution in [0.15, 0.2) is 35.5 Å². The number of aromatic nitrogens is 1. The number of hydrogen-bond acceptors (Lipinski definition) is 6. The van der Waals surface area contributed by atoms with Gasteiger partial charge < -0.3 is 43.2 Å². The zero-order valence-electron chi connectivity index (χ0n) is 19.4. The van der Waals surface area contributed by atoms with Crippen LogP contribution in [0.4, 0.5) is 0 Å². The first kappa shape index (κ1) is 27.1. The number of nitrogens with one attached hydrogen (secondary N) is 4. The van der Waals surface area contributed by atoms with Crippen LogP contribution < -0.4 is 33.2 Å². The quantitative estimate of drug-likeness (QED) is 0.0915. The molecule has 0 aliphatic heterocycles. The normalized spacial score (nSPS) is 13.3. The lowest BCUT2D eigenvalue weighted by Crippen LogP contribution is -2.56. The maximum atomic E-state index is 13.1. The molecule has 0 aliphatic rings. The summed E-state index contributed by atoms with van der Waals surface area (Å²) in [6.07, 6.45) is 2.20. The van der Waals surface area contributed by atoms with Crippen LogP contribution in [-0.4, -0.2) is 71.0 Å². The smallest absolute Gasteiger partial charge is 0.326 e. The van der Waals surface area contributed by atoms with Gasteiger partial charge in [-0.1, -0.05) is 18.2 Å². The van der Waals surface area contributed by atoms with E-state index in [1.165, 1.54) is 6.92 Å². The molecule has 3 amide bonds. The van der Waals surface area contributed by atoms with E-state index in [0.717, 1.165) is 16.5 Å². The van der Waals surface area contributed by atoms with E-state index in [4.69, 9.17) is 17.2 Å². The molecule has 0 saturated carbocycles. The molecule has 0 aliphatic carbocycles. The summed E-state index contributed by atoms with van der Waals surface area (Å²) in [7, 11) is 0. The number of aromatic amines is 1. The lowest BCUT2D eigenvalue weighted by atomic mass is 10.0. The third kappa shape index (κ3) is 8.30. The molecule has 2 rings (SSSR count). The van der Waals surface area contributed by atoms with Gasteiger partial charge in [-0.2, -0.15) is 0 Å². The van der Waals surface area contributed by atoms with Gasteiger partial charge in [0.2, 0.25) is 17.7 Å². The Labute approximate surface area is 201 Å². The van der Waals surface area contributed by atoms with E-state index in [0.29, 0.717) is 6.42 Å². The van der Waals surface area contributed by atoms with Gasteiger partial charge in [-0.25, -0.2) is 4.79 Å². The number of aliphatic carboxylic acids is 1. The molecule has 0 radical (unpaired) electrons. The van der Waals surface area contributed by atoms with Crippen LogP contribution in [0.25, 0.3) is 10.9 Å². The van der Waals surface area contributed by atoms with Crippen molar-refractivity contribution in [1.82, 2.24) is 20.9 Å². The van der Waals surface area contributed by atoms with Crippen LogP contribution in [0.5, 0.6) is 0 Å². The highest BCUT2D eigenvalue weighted by Gasteiger charge is 2.29. The van der Waals surface area contributed by atoms with Crippen LogP contribution in [-0.2, 0) is 25.6 Å². The largest absolute Gasteiger partial charge is 0.480 e. The number of hydrogen-bond donors (Lipinski definition) is 8. The summed E-state index contributed by atoms with van der Waals surface area (Å²) < 4.78 is 0. The summed E-state index contributed by atoms with van der Waals surface area (Å²) in [4.78, 5) is 56.0. The van der Waals surface area contributed by atoms with Crippen molar-refractivity contribution in [3.8, 4) is 0 Å². The number of rotatable bonds is 13. The third-order valence-electron chi connectivity index (χ3n) is 5.25. The van der Waals surface area contributed by atoms with Crippen molar-refractivity contribution in [1.29, 1.82) is 0 Å². The molecule has 3 atom stereocenters. The van der Waals surface area contributed by atoms with E-state index in [-0.39, 0.29) is 31.9 Å². The lowest BCUT2D eigenvalue weighted by Gasteiger charge is -2.23. The van der Waals surface area contributed by atoms with Gasteiger partial charge in [0.05, 0.1) is 6.54 Å². The van der Waals surface area contributed by atoms with Crippen molar-refractivity contribution < 1.29 is 24.3 Å². The average Bonchev–Trinajstić information content (AvgIpc) is 3.22. The van der Waals surface area contributed by atoms with E-state index in [9.17, 15) is 24.3 Å². The lowest BCUT2D eigenvalue weighted by molar-refractivity contribution is -0.142. The Kier molecular flexibility index (Phi) is 10.0. The molecule has 1 aromatic carbocycles. The van der Waals surface area contributed by atoms with Crippen LogP contribution in [0, 0.1) is 0 Å². The van der Waals surface area contributed by atoms with Crippen molar-refractivity contribution in [3.05, 3.63) is 36.0 Å². The van der Waals surface area contributed by atoms with Crippen molar-refractivity contribution in [2.24, 2.45) is 22.2 Å². The fourth-order valence-electron chi connectivity index (χ4n) is 3.43. The van der Waals surface area contributed by atoms with Gasteiger partial charge in [-0.05, 0) is 31.4 Å². The average molecular weight is 489 g/mol. The fourth-order valence-corrected chi connectivity index (χ4v) is 3.43. The number of nitrogens with zero attached hydrogens (tertiary/aromatic N) is 1. The number of H-pyrrole nitrogens is 1. The Morgan fingerprint density at radius 1 is 1.06 bits per heavy atom. The van der Waals surface area contributed by atoms with E-state index >= 15 is 0 Å². The Hall–Kier alpha value is -4.13. The molecule has 1 aromatic heterocycles. The summed E-state index contributed by atoms with van der Waals surface area (Å²) in [5.41, 5.74) is 17.4. The Balaban J connectivity index is 2.19. The predicted molar refractivity (Wildman–Crippen MR) is 130 cm³/mol. The highest BCUT2D eigenvalue weighted by Crippen LogP contribution is 2.19. The van der Waals surface area contributed by atoms with Gasteiger partial charge in [0.15, 0.2) is 5.96 Å². The molecule has 0 spiro atoms. The second-order valence-electron chi connectivity index (χ2n) is 7.97. The number of carboxylic acid groups (broad SMARTS) is 1.